The second-order valence-electron chi connectivity index (χ2n) is 7.15. The number of nitrogens with one attached hydrogen (secondary N) is 1. The first-order chi connectivity index (χ1) is 13.0. The van der Waals surface area contributed by atoms with Crippen molar-refractivity contribution >= 4 is 11.8 Å². The van der Waals surface area contributed by atoms with Crippen molar-refractivity contribution in [3.05, 3.63) is 71.3 Å². The lowest BCUT2D eigenvalue weighted by atomic mass is 10.1. The average Bonchev–Trinajstić information content (AvgIpc) is 2.69. The lowest BCUT2D eigenvalue weighted by Gasteiger charge is -2.36. The Morgan fingerprint density at radius 2 is 1.70 bits per heavy atom. The van der Waals surface area contributed by atoms with E-state index in [1.54, 1.807) is 13.0 Å². The first-order valence-electron chi connectivity index (χ1n) is 9.45. The standard InChI is InChI=1S/C22H27N3O2/c1-17-7-6-10-20(15-17)21(26)23-18(2)22(27)25-13-11-24(12-14-25)16-19-8-4-3-5-9-19/h3-10,15,18H,11-14,16H2,1-2H3,(H,23,26)/t18-/m0/s1. The molecule has 3 rings (SSSR count). The average molecular weight is 365 g/mol. The van der Waals surface area contributed by atoms with Gasteiger partial charge in [-0.3, -0.25) is 14.5 Å². The molecule has 1 aliphatic rings. The number of nitrogens with zero attached hydrogens (tertiary/aromatic N) is 2. The summed E-state index contributed by atoms with van der Waals surface area (Å²) in [5.74, 6) is -0.224. The monoisotopic (exact) mass is 365 g/mol. The van der Waals surface area contributed by atoms with Crippen LogP contribution >= 0.6 is 0 Å². The third-order valence-electron chi connectivity index (χ3n) is 4.93. The van der Waals surface area contributed by atoms with Gasteiger partial charge < -0.3 is 10.2 Å². The van der Waals surface area contributed by atoms with Gasteiger partial charge in [0.25, 0.3) is 5.91 Å². The fourth-order valence-corrected chi connectivity index (χ4v) is 3.37. The SMILES string of the molecule is Cc1cccc(C(=O)N[C@@H](C)C(=O)N2CCN(Cc3ccccc3)CC2)c1. The predicted molar refractivity (Wildman–Crippen MR) is 106 cm³/mol. The van der Waals surface area contributed by atoms with Gasteiger partial charge in [-0.25, -0.2) is 0 Å². The molecule has 2 aromatic carbocycles. The summed E-state index contributed by atoms with van der Waals surface area (Å²) in [6.45, 7) is 7.68. The fraction of sp³-hybridized carbons (Fsp3) is 0.364. The number of carbonyl (C=O) groups excluding carboxylic acids is 2. The molecular formula is C22H27N3O2. The minimum atomic E-state index is -0.529. The third-order valence-corrected chi connectivity index (χ3v) is 4.93. The van der Waals surface area contributed by atoms with Gasteiger partial charge in [0, 0.05) is 38.3 Å². The molecule has 142 valence electrons. The van der Waals surface area contributed by atoms with Gasteiger partial charge in [-0.15, -0.1) is 0 Å². The van der Waals surface area contributed by atoms with E-state index in [1.807, 2.05) is 48.2 Å². The molecule has 2 aromatic rings. The van der Waals surface area contributed by atoms with Gasteiger partial charge in [0.15, 0.2) is 0 Å². The molecule has 1 aliphatic heterocycles. The molecule has 0 aliphatic carbocycles. The summed E-state index contributed by atoms with van der Waals surface area (Å²) >= 11 is 0. The molecule has 1 atom stereocenters. The number of amides is 2. The van der Waals surface area contributed by atoms with Crippen molar-refractivity contribution in [1.82, 2.24) is 15.1 Å². The fourth-order valence-electron chi connectivity index (χ4n) is 3.37. The Morgan fingerprint density at radius 1 is 1.00 bits per heavy atom. The highest BCUT2D eigenvalue weighted by molar-refractivity contribution is 5.97. The number of hydrogen-bond acceptors (Lipinski definition) is 3. The molecule has 1 heterocycles. The number of piperazine rings is 1. The van der Waals surface area contributed by atoms with Crippen LogP contribution in [0.15, 0.2) is 54.6 Å². The van der Waals surface area contributed by atoms with E-state index in [9.17, 15) is 9.59 Å². The van der Waals surface area contributed by atoms with Crippen molar-refractivity contribution < 1.29 is 9.59 Å². The van der Waals surface area contributed by atoms with Crippen molar-refractivity contribution in [3.63, 3.8) is 0 Å². The Hall–Kier alpha value is -2.66. The van der Waals surface area contributed by atoms with Gasteiger partial charge in [-0.1, -0.05) is 48.0 Å². The summed E-state index contributed by atoms with van der Waals surface area (Å²) in [6.07, 6.45) is 0. The Balaban J connectivity index is 1.49. The van der Waals surface area contributed by atoms with E-state index in [0.717, 1.165) is 25.2 Å². The Kier molecular flexibility index (Phi) is 6.24. The molecule has 1 saturated heterocycles. The highest BCUT2D eigenvalue weighted by atomic mass is 16.2. The third kappa shape index (κ3) is 5.17. The van der Waals surface area contributed by atoms with Crippen molar-refractivity contribution in [2.75, 3.05) is 26.2 Å². The van der Waals surface area contributed by atoms with Crippen LogP contribution in [-0.2, 0) is 11.3 Å². The minimum absolute atomic E-state index is 0.0182. The topological polar surface area (TPSA) is 52.7 Å². The molecule has 5 nitrogen and oxygen atoms in total. The van der Waals surface area contributed by atoms with Crippen LogP contribution < -0.4 is 5.32 Å². The number of benzene rings is 2. The molecule has 1 fully saturated rings. The van der Waals surface area contributed by atoms with Crippen molar-refractivity contribution in [3.8, 4) is 0 Å². The number of rotatable bonds is 5. The minimum Gasteiger partial charge on any atom is -0.341 e. The Labute approximate surface area is 161 Å². The van der Waals surface area contributed by atoms with E-state index >= 15 is 0 Å². The molecule has 0 unspecified atom stereocenters. The summed E-state index contributed by atoms with van der Waals surface area (Å²) in [6, 6.07) is 17.2. The summed E-state index contributed by atoms with van der Waals surface area (Å²) in [4.78, 5) is 29.3. The smallest absolute Gasteiger partial charge is 0.251 e. The maximum absolute atomic E-state index is 12.7. The molecule has 5 heteroatoms. The lowest BCUT2D eigenvalue weighted by molar-refractivity contribution is -0.134. The second-order valence-corrected chi connectivity index (χ2v) is 7.15. The van der Waals surface area contributed by atoms with E-state index in [0.29, 0.717) is 18.7 Å². The molecule has 0 saturated carbocycles. The van der Waals surface area contributed by atoms with Crippen LogP contribution in [0.1, 0.15) is 28.4 Å². The van der Waals surface area contributed by atoms with Crippen LogP contribution in [0.25, 0.3) is 0 Å². The molecule has 27 heavy (non-hydrogen) atoms. The number of carbonyl (C=O) groups is 2. The molecule has 0 bridgehead atoms. The summed E-state index contributed by atoms with van der Waals surface area (Å²) in [5, 5.41) is 2.83. The normalized spacial score (nSPS) is 16.0. The largest absolute Gasteiger partial charge is 0.341 e. The van der Waals surface area contributed by atoms with Gasteiger partial charge in [0.1, 0.15) is 6.04 Å². The van der Waals surface area contributed by atoms with E-state index in [4.69, 9.17) is 0 Å². The summed E-state index contributed by atoms with van der Waals surface area (Å²) < 4.78 is 0. The zero-order valence-corrected chi connectivity index (χ0v) is 16.0. The predicted octanol–water partition coefficient (Wildman–Crippen LogP) is 2.46. The van der Waals surface area contributed by atoms with Crippen molar-refractivity contribution in [1.29, 1.82) is 0 Å². The lowest BCUT2D eigenvalue weighted by Crippen LogP contribution is -2.53. The van der Waals surface area contributed by atoms with Crippen molar-refractivity contribution in [2.45, 2.75) is 26.4 Å². The zero-order chi connectivity index (χ0) is 19.2. The van der Waals surface area contributed by atoms with E-state index < -0.39 is 6.04 Å². The van der Waals surface area contributed by atoms with Gasteiger partial charge in [-0.05, 0) is 31.5 Å². The molecule has 2 amide bonds. The summed E-state index contributed by atoms with van der Waals surface area (Å²) in [5.41, 5.74) is 2.90. The highest BCUT2D eigenvalue weighted by Gasteiger charge is 2.26. The van der Waals surface area contributed by atoms with Crippen LogP contribution in [0, 0.1) is 6.92 Å². The van der Waals surface area contributed by atoms with Gasteiger partial charge in [0.05, 0.1) is 0 Å². The molecule has 0 aromatic heterocycles. The molecule has 0 radical (unpaired) electrons. The van der Waals surface area contributed by atoms with Gasteiger partial charge in [-0.2, -0.15) is 0 Å². The van der Waals surface area contributed by atoms with E-state index in [-0.39, 0.29) is 11.8 Å². The second kappa shape index (κ2) is 8.82. The quantitative estimate of drug-likeness (QED) is 0.886. The maximum Gasteiger partial charge on any atom is 0.251 e. The van der Waals surface area contributed by atoms with Crippen LogP contribution in [0.5, 0.6) is 0 Å². The highest BCUT2D eigenvalue weighted by Crippen LogP contribution is 2.10. The van der Waals surface area contributed by atoms with Gasteiger partial charge in [0.2, 0.25) is 5.91 Å². The van der Waals surface area contributed by atoms with Crippen LogP contribution in [-0.4, -0.2) is 53.8 Å². The van der Waals surface area contributed by atoms with E-state index in [1.165, 1.54) is 5.56 Å². The Bertz CT molecular complexity index is 783. The van der Waals surface area contributed by atoms with Gasteiger partial charge >= 0.3 is 0 Å². The van der Waals surface area contributed by atoms with Crippen LogP contribution in [0.3, 0.4) is 0 Å². The molecular weight excluding hydrogens is 338 g/mol. The number of aryl methyl sites for hydroxylation is 1. The van der Waals surface area contributed by atoms with E-state index in [2.05, 4.69) is 22.3 Å². The first-order valence-corrected chi connectivity index (χ1v) is 9.45. The van der Waals surface area contributed by atoms with Crippen LogP contribution in [0.4, 0.5) is 0 Å². The molecule has 1 N–H and O–H groups in total. The Morgan fingerprint density at radius 3 is 2.37 bits per heavy atom. The first kappa shape index (κ1) is 19.1. The molecule has 0 spiro atoms. The van der Waals surface area contributed by atoms with Crippen LogP contribution in [0.2, 0.25) is 0 Å². The zero-order valence-electron chi connectivity index (χ0n) is 16.0. The number of hydrogen-bond donors (Lipinski definition) is 1. The maximum atomic E-state index is 12.7. The van der Waals surface area contributed by atoms with Crippen molar-refractivity contribution in [2.24, 2.45) is 0 Å². The summed E-state index contributed by atoms with van der Waals surface area (Å²) in [7, 11) is 0.